The van der Waals surface area contributed by atoms with Crippen LogP contribution >= 0.6 is 0 Å². The fourth-order valence-corrected chi connectivity index (χ4v) is 2.36. The van der Waals surface area contributed by atoms with Gasteiger partial charge in [0, 0.05) is 12.2 Å². The molecule has 0 aromatic heterocycles. The van der Waals surface area contributed by atoms with Crippen molar-refractivity contribution in [3.63, 3.8) is 0 Å². The molecule has 1 aliphatic rings. The molecule has 1 amide bonds. The van der Waals surface area contributed by atoms with Gasteiger partial charge in [0.05, 0.1) is 12.5 Å². The van der Waals surface area contributed by atoms with Gasteiger partial charge in [-0.2, -0.15) is 0 Å². The highest BCUT2D eigenvalue weighted by Gasteiger charge is 2.21. The number of aryl methyl sites for hydroxylation is 1. The third-order valence-corrected chi connectivity index (χ3v) is 3.57. The predicted octanol–water partition coefficient (Wildman–Crippen LogP) is 2.18. The Morgan fingerprint density at radius 1 is 1.47 bits per heavy atom. The number of ether oxygens (including phenoxy) is 1. The molecular weight excluding hydrogens is 240 g/mol. The third kappa shape index (κ3) is 3.26. The highest BCUT2D eigenvalue weighted by molar-refractivity contribution is 5.93. The molecule has 1 heterocycles. The van der Waals surface area contributed by atoms with Crippen LogP contribution in [0, 0.1) is 11.8 Å². The molecule has 0 aliphatic carbocycles. The van der Waals surface area contributed by atoms with E-state index in [1.54, 1.807) is 0 Å². The standard InChI is InChI=1S/C15H22N2O2/c1-10(2)13(9-16)15(18)17-12-5-6-14-11(8-12)4-3-7-19-14/h5-6,8,10,13H,3-4,7,9,16H2,1-2H3,(H,17,18). The number of amides is 1. The Bertz CT molecular complexity index is 457. The van der Waals surface area contributed by atoms with Crippen molar-refractivity contribution in [3.05, 3.63) is 23.8 Å². The topological polar surface area (TPSA) is 64.4 Å². The van der Waals surface area contributed by atoms with E-state index >= 15 is 0 Å². The van der Waals surface area contributed by atoms with Crippen LogP contribution in [0.4, 0.5) is 5.69 Å². The lowest BCUT2D eigenvalue weighted by Crippen LogP contribution is -2.33. The first-order valence-corrected chi connectivity index (χ1v) is 6.88. The number of nitrogens with one attached hydrogen (secondary N) is 1. The summed E-state index contributed by atoms with van der Waals surface area (Å²) in [6.45, 7) is 5.18. The first-order valence-electron chi connectivity index (χ1n) is 6.88. The number of rotatable bonds is 4. The van der Waals surface area contributed by atoms with Crippen molar-refractivity contribution in [2.45, 2.75) is 26.7 Å². The molecule has 0 bridgehead atoms. The van der Waals surface area contributed by atoms with Gasteiger partial charge in [0.2, 0.25) is 5.91 Å². The zero-order chi connectivity index (χ0) is 13.8. The Kier molecular flexibility index (Phi) is 4.43. The molecule has 2 rings (SSSR count). The number of carbonyl (C=O) groups excluding carboxylic acids is 1. The van der Waals surface area contributed by atoms with E-state index in [1.165, 1.54) is 0 Å². The van der Waals surface area contributed by atoms with Crippen molar-refractivity contribution in [2.75, 3.05) is 18.5 Å². The quantitative estimate of drug-likeness (QED) is 0.874. The lowest BCUT2D eigenvalue weighted by molar-refractivity contribution is -0.120. The lowest BCUT2D eigenvalue weighted by atomic mass is 9.95. The molecule has 104 valence electrons. The highest BCUT2D eigenvalue weighted by atomic mass is 16.5. The molecule has 1 aliphatic heterocycles. The van der Waals surface area contributed by atoms with E-state index in [9.17, 15) is 4.79 Å². The van der Waals surface area contributed by atoms with Gasteiger partial charge < -0.3 is 15.8 Å². The second-order valence-corrected chi connectivity index (χ2v) is 5.35. The monoisotopic (exact) mass is 262 g/mol. The average Bonchev–Trinajstić information content (AvgIpc) is 2.39. The minimum Gasteiger partial charge on any atom is -0.493 e. The molecule has 1 aromatic rings. The van der Waals surface area contributed by atoms with Crippen LogP contribution in [0.25, 0.3) is 0 Å². The SMILES string of the molecule is CC(C)C(CN)C(=O)Nc1ccc2c(c1)CCCO2. The molecule has 3 N–H and O–H groups in total. The minimum atomic E-state index is -0.146. The summed E-state index contributed by atoms with van der Waals surface area (Å²) in [7, 11) is 0. The number of hydrogen-bond donors (Lipinski definition) is 2. The van der Waals surface area contributed by atoms with Crippen LogP contribution in [0.15, 0.2) is 18.2 Å². The summed E-state index contributed by atoms with van der Waals surface area (Å²) in [6, 6.07) is 5.81. The average molecular weight is 262 g/mol. The molecule has 0 spiro atoms. The van der Waals surface area contributed by atoms with Crippen molar-refractivity contribution < 1.29 is 9.53 Å². The zero-order valence-electron chi connectivity index (χ0n) is 11.6. The summed E-state index contributed by atoms with van der Waals surface area (Å²) in [4.78, 5) is 12.1. The number of fused-ring (bicyclic) bond motifs is 1. The van der Waals surface area contributed by atoms with Gasteiger partial charge in [0.25, 0.3) is 0 Å². The molecule has 19 heavy (non-hydrogen) atoms. The Hall–Kier alpha value is -1.55. The molecule has 4 nitrogen and oxygen atoms in total. The molecular formula is C15H22N2O2. The molecule has 0 saturated carbocycles. The van der Waals surface area contributed by atoms with Crippen LogP contribution in [0.3, 0.4) is 0 Å². The van der Waals surface area contributed by atoms with E-state index in [1.807, 2.05) is 32.0 Å². The van der Waals surface area contributed by atoms with E-state index in [-0.39, 0.29) is 17.7 Å². The first-order chi connectivity index (χ1) is 9.11. The number of hydrogen-bond acceptors (Lipinski definition) is 3. The number of anilines is 1. The van der Waals surface area contributed by atoms with Gasteiger partial charge in [-0.1, -0.05) is 13.8 Å². The maximum atomic E-state index is 12.1. The van der Waals surface area contributed by atoms with Gasteiger partial charge in [-0.25, -0.2) is 0 Å². The number of carbonyl (C=O) groups is 1. The van der Waals surface area contributed by atoms with Gasteiger partial charge in [0.1, 0.15) is 5.75 Å². The van der Waals surface area contributed by atoms with Crippen LogP contribution in [-0.2, 0) is 11.2 Å². The summed E-state index contributed by atoms with van der Waals surface area (Å²) < 4.78 is 5.56. The maximum Gasteiger partial charge on any atom is 0.229 e. The Balaban J connectivity index is 2.08. The molecule has 1 aromatic carbocycles. The molecule has 0 fully saturated rings. The van der Waals surface area contributed by atoms with E-state index in [0.717, 1.165) is 36.4 Å². The van der Waals surface area contributed by atoms with Crippen molar-refractivity contribution >= 4 is 11.6 Å². The Morgan fingerprint density at radius 2 is 2.26 bits per heavy atom. The maximum absolute atomic E-state index is 12.1. The van der Waals surface area contributed by atoms with Crippen LogP contribution in [-0.4, -0.2) is 19.1 Å². The predicted molar refractivity (Wildman–Crippen MR) is 76.3 cm³/mol. The lowest BCUT2D eigenvalue weighted by Gasteiger charge is -2.20. The van der Waals surface area contributed by atoms with Crippen LogP contribution < -0.4 is 15.8 Å². The van der Waals surface area contributed by atoms with Crippen molar-refractivity contribution in [1.29, 1.82) is 0 Å². The van der Waals surface area contributed by atoms with Crippen molar-refractivity contribution in [3.8, 4) is 5.75 Å². The van der Waals surface area contributed by atoms with E-state index < -0.39 is 0 Å². The highest BCUT2D eigenvalue weighted by Crippen LogP contribution is 2.27. The van der Waals surface area contributed by atoms with Crippen LogP contribution in [0.5, 0.6) is 5.75 Å². The van der Waals surface area contributed by atoms with Crippen molar-refractivity contribution in [2.24, 2.45) is 17.6 Å². The third-order valence-electron chi connectivity index (χ3n) is 3.57. The molecule has 1 unspecified atom stereocenters. The van der Waals surface area contributed by atoms with E-state index in [4.69, 9.17) is 10.5 Å². The summed E-state index contributed by atoms with van der Waals surface area (Å²) in [5.41, 5.74) is 7.65. The molecule has 0 saturated heterocycles. The molecule has 1 atom stereocenters. The smallest absolute Gasteiger partial charge is 0.229 e. The summed E-state index contributed by atoms with van der Waals surface area (Å²) in [5.74, 6) is 1.02. The summed E-state index contributed by atoms with van der Waals surface area (Å²) in [6.07, 6.45) is 2.03. The van der Waals surface area contributed by atoms with Crippen LogP contribution in [0.1, 0.15) is 25.8 Å². The first kappa shape index (κ1) is 13.9. The normalized spacial score (nSPS) is 15.6. The fraction of sp³-hybridized carbons (Fsp3) is 0.533. The van der Waals surface area contributed by atoms with Gasteiger partial charge >= 0.3 is 0 Å². The van der Waals surface area contributed by atoms with Gasteiger partial charge in [-0.15, -0.1) is 0 Å². The van der Waals surface area contributed by atoms with Crippen molar-refractivity contribution in [1.82, 2.24) is 0 Å². The zero-order valence-corrected chi connectivity index (χ0v) is 11.6. The summed E-state index contributed by atoms with van der Waals surface area (Å²) >= 11 is 0. The molecule has 4 heteroatoms. The Morgan fingerprint density at radius 3 is 2.95 bits per heavy atom. The number of nitrogens with two attached hydrogens (primary N) is 1. The van der Waals surface area contributed by atoms with E-state index in [0.29, 0.717) is 6.54 Å². The Labute approximate surface area is 114 Å². The second-order valence-electron chi connectivity index (χ2n) is 5.35. The largest absolute Gasteiger partial charge is 0.493 e. The molecule has 0 radical (unpaired) electrons. The van der Waals surface area contributed by atoms with Gasteiger partial charge in [0.15, 0.2) is 0 Å². The fourth-order valence-electron chi connectivity index (χ4n) is 2.36. The second kappa shape index (κ2) is 6.06. The van der Waals surface area contributed by atoms with Gasteiger partial charge in [-0.05, 0) is 42.5 Å². The summed E-state index contributed by atoms with van der Waals surface area (Å²) in [5, 5.41) is 2.95. The van der Waals surface area contributed by atoms with Gasteiger partial charge in [-0.3, -0.25) is 4.79 Å². The van der Waals surface area contributed by atoms with E-state index in [2.05, 4.69) is 5.32 Å². The van der Waals surface area contributed by atoms with Crippen LogP contribution in [0.2, 0.25) is 0 Å². The minimum absolute atomic E-state index is 0.00539. The number of benzene rings is 1.